The lowest BCUT2D eigenvalue weighted by Crippen LogP contribution is -2.46. The first-order valence-corrected chi connectivity index (χ1v) is 13.5. The van der Waals surface area contributed by atoms with Gasteiger partial charge in [0.05, 0.1) is 22.5 Å². The molecule has 4 aromatic rings. The van der Waals surface area contributed by atoms with E-state index in [1.54, 1.807) is 0 Å². The molecule has 0 radical (unpaired) electrons. The van der Waals surface area contributed by atoms with Gasteiger partial charge in [-0.05, 0) is 57.4 Å². The molecule has 1 amide bonds. The highest BCUT2D eigenvalue weighted by atomic mass is 16.5. The van der Waals surface area contributed by atoms with Crippen LogP contribution in [0.1, 0.15) is 55.8 Å². The SMILES string of the molecule is CCCC(=O)N(C)C1CCN(c2nc3ccc(-c4c(C)noc4C)c4c3n2C(c2ccccn2)CO4)CC1. The Kier molecular flexibility index (Phi) is 6.29. The number of anilines is 1. The molecule has 0 saturated carbocycles. The molecule has 2 aliphatic heterocycles. The van der Waals surface area contributed by atoms with Crippen LogP contribution in [0.2, 0.25) is 0 Å². The molecular weight excluding hydrogens is 480 g/mol. The molecule has 2 aliphatic rings. The average Bonchev–Trinajstić information content (AvgIpc) is 3.50. The fourth-order valence-corrected chi connectivity index (χ4v) is 5.95. The molecule has 9 nitrogen and oxygen atoms in total. The minimum absolute atomic E-state index is 0.102. The first-order valence-electron chi connectivity index (χ1n) is 13.5. The van der Waals surface area contributed by atoms with Gasteiger partial charge in [-0.2, -0.15) is 0 Å². The van der Waals surface area contributed by atoms with E-state index in [1.807, 2.05) is 50.2 Å². The van der Waals surface area contributed by atoms with Crippen molar-refractivity contribution in [2.45, 2.75) is 58.5 Å². The second-order valence-electron chi connectivity index (χ2n) is 10.3. The normalized spacial score (nSPS) is 17.6. The Morgan fingerprint density at radius 2 is 1.97 bits per heavy atom. The zero-order valence-electron chi connectivity index (χ0n) is 22.5. The zero-order chi connectivity index (χ0) is 26.4. The van der Waals surface area contributed by atoms with E-state index >= 15 is 0 Å². The number of benzene rings is 1. The van der Waals surface area contributed by atoms with Crippen LogP contribution in [0.5, 0.6) is 5.75 Å². The van der Waals surface area contributed by atoms with Crippen molar-refractivity contribution >= 4 is 22.9 Å². The molecule has 3 aromatic heterocycles. The van der Waals surface area contributed by atoms with Crippen LogP contribution < -0.4 is 9.64 Å². The van der Waals surface area contributed by atoms with Crippen LogP contribution in [0.4, 0.5) is 5.95 Å². The Bertz CT molecular complexity index is 1450. The number of piperidine rings is 1. The van der Waals surface area contributed by atoms with Gasteiger partial charge in [-0.1, -0.05) is 18.1 Å². The van der Waals surface area contributed by atoms with Gasteiger partial charge in [0.15, 0.2) is 5.75 Å². The number of hydrogen-bond acceptors (Lipinski definition) is 7. The molecular formula is C29H34N6O3. The largest absolute Gasteiger partial charge is 0.488 e. The highest BCUT2D eigenvalue weighted by Gasteiger charge is 2.35. The first-order chi connectivity index (χ1) is 18.5. The quantitative estimate of drug-likeness (QED) is 0.361. The van der Waals surface area contributed by atoms with E-state index < -0.39 is 0 Å². The number of hydrogen-bond donors (Lipinski definition) is 0. The van der Waals surface area contributed by atoms with Crippen molar-refractivity contribution in [3.05, 3.63) is 53.7 Å². The molecule has 1 fully saturated rings. The standard InChI is InChI=1S/C29H34N6O3/c1-5-8-25(36)33(4)20-12-15-34(16-13-20)29-31-23-11-10-21(26-18(2)32-38-19(26)3)28-27(23)35(29)24(17-37-28)22-9-6-7-14-30-22/h6-7,9-11,14,20,24H,5,8,12-13,15-17H2,1-4H3. The van der Waals surface area contributed by atoms with Gasteiger partial charge in [0.2, 0.25) is 11.9 Å². The minimum atomic E-state index is -0.102. The molecule has 0 aliphatic carbocycles. The summed E-state index contributed by atoms with van der Waals surface area (Å²) < 4.78 is 14.3. The van der Waals surface area contributed by atoms with Gasteiger partial charge in [-0.25, -0.2) is 4.98 Å². The van der Waals surface area contributed by atoms with Crippen molar-refractivity contribution in [3.8, 4) is 16.9 Å². The number of ether oxygens (including phenoxy) is 1. The smallest absolute Gasteiger partial charge is 0.222 e. The van der Waals surface area contributed by atoms with E-state index in [-0.39, 0.29) is 18.0 Å². The van der Waals surface area contributed by atoms with Crippen LogP contribution in [-0.4, -0.2) is 63.3 Å². The zero-order valence-corrected chi connectivity index (χ0v) is 22.5. The Labute approximate surface area is 222 Å². The number of carbonyl (C=O) groups excluding carboxylic acids is 1. The van der Waals surface area contributed by atoms with Crippen molar-refractivity contribution in [2.24, 2.45) is 0 Å². The van der Waals surface area contributed by atoms with E-state index in [1.165, 1.54) is 0 Å². The number of imidazole rings is 1. The molecule has 0 spiro atoms. The number of aryl methyl sites for hydroxylation is 2. The monoisotopic (exact) mass is 514 g/mol. The average molecular weight is 515 g/mol. The Morgan fingerprint density at radius 3 is 2.66 bits per heavy atom. The van der Waals surface area contributed by atoms with Crippen LogP contribution in [-0.2, 0) is 4.79 Å². The molecule has 1 atom stereocenters. The summed E-state index contributed by atoms with van der Waals surface area (Å²) in [6.07, 6.45) is 5.14. The molecule has 6 rings (SSSR count). The summed E-state index contributed by atoms with van der Waals surface area (Å²) in [4.78, 5) is 26.6. The maximum atomic E-state index is 12.5. The van der Waals surface area contributed by atoms with Crippen molar-refractivity contribution in [1.82, 2.24) is 24.6 Å². The van der Waals surface area contributed by atoms with Gasteiger partial charge in [-0.15, -0.1) is 0 Å². The molecule has 5 heterocycles. The minimum Gasteiger partial charge on any atom is -0.488 e. The van der Waals surface area contributed by atoms with Gasteiger partial charge in [-0.3, -0.25) is 14.3 Å². The summed E-state index contributed by atoms with van der Waals surface area (Å²) in [7, 11) is 1.95. The fraction of sp³-hybridized carbons (Fsp3) is 0.448. The second kappa shape index (κ2) is 9.78. The molecule has 1 saturated heterocycles. The van der Waals surface area contributed by atoms with E-state index in [0.717, 1.165) is 83.4 Å². The third-order valence-corrected chi connectivity index (χ3v) is 7.97. The second-order valence-corrected chi connectivity index (χ2v) is 10.3. The van der Waals surface area contributed by atoms with Gasteiger partial charge in [0, 0.05) is 44.4 Å². The molecule has 1 unspecified atom stereocenters. The number of pyridine rings is 1. The molecule has 38 heavy (non-hydrogen) atoms. The van der Waals surface area contributed by atoms with Crippen molar-refractivity contribution < 1.29 is 14.1 Å². The van der Waals surface area contributed by atoms with Crippen LogP contribution in [0.3, 0.4) is 0 Å². The molecule has 0 bridgehead atoms. The lowest BCUT2D eigenvalue weighted by atomic mass is 10.0. The van der Waals surface area contributed by atoms with Crippen LogP contribution in [0.15, 0.2) is 41.1 Å². The van der Waals surface area contributed by atoms with Crippen LogP contribution in [0.25, 0.3) is 22.2 Å². The maximum Gasteiger partial charge on any atom is 0.222 e. The Morgan fingerprint density at radius 1 is 1.16 bits per heavy atom. The highest BCUT2D eigenvalue weighted by molar-refractivity contribution is 5.94. The lowest BCUT2D eigenvalue weighted by molar-refractivity contribution is -0.132. The van der Waals surface area contributed by atoms with Gasteiger partial charge in [0.25, 0.3) is 0 Å². The van der Waals surface area contributed by atoms with Crippen molar-refractivity contribution in [2.75, 3.05) is 31.6 Å². The van der Waals surface area contributed by atoms with Crippen LogP contribution in [0, 0.1) is 13.8 Å². The molecule has 9 heteroatoms. The number of rotatable bonds is 6. The van der Waals surface area contributed by atoms with E-state index in [2.05, 4.69) is 38.7 Å². The Balaban J connectivity index is 1.42. The number of aromatic nitrogens is 4. The van der Waals surface area contributed by atoms with Crippen LogP contribution >= 0.6 is 0 Å². The summed E-state index contributed by atoms with van der Waals surface area (Å²) in [6, 6.07) is 10.3. The third kappa shape index (κ3) is 4.01. The van der Waals surface area contributed by atoms with E-state index in [9.17, 15) is 4.79 Å². The fourth-order valence-electron chi connectivity index (χ4n) is 5.95. The van der Waals surface area contributed by atoms with Crippen molar-refractivity contribution in [3.63, 3.8) is 0 Å². The summed E-state index contributed by atoms with van der Waals surface area (Å²) in [5, 5.41) is 4.18. The number of carbonyl (C=O) groups is 1. The predicted molar refractivity (Wildman–Crippen MR) is 145 cm³/mol. The summed E-state index contributed by atoms with van der Waals surface area (Å²) in [6.45, 7) is 8.06. The number of nitrogens with zero attached hydrogens (tertiary/aromatic N) is 6. The summed E-state index contributed by atoms with van der Waals surface area (Å²) >= 11 is 0. The first kappa shape index (κ1) is 24.5. The summed E-state index contributed by atoms with van der Waals surface area (Å²) in [5.41, 5.74) is 5.58. The molecule has 1 aromatic carbocycles. The van der Waals surface area contributed by atoms with E-state index in [4.69, 9.17) is 14.2 Å². The van der Waals surface area contributed by atoms with Gasteiger partial charge in [0.1, 0.15) is 23.9 Å². The highest BCUT2D eigenvalue weighted by Crippen LogP contribution is 2.46. The maximum absolute atomic E-state index is 12.5. The van der Waals surface area contributed by atoms with E-state index in [0.29, 0.717) is 13.0 Å². The lowest BCUT2D eigenvalue weighted by Gasteiger charge is -2.38. The van der Waals surface area contributed by atoms with Gasteiger partial charge < -0.3 is 19.1 Å². The molecule has 198 valence electrons. The summed E-state index contributed by atoms with van der Waals surface area (Å²) in [5.74, 6) is 2.74. The number of amides is 1. The topological polar surface area (TPSA) is 89.5 Å². The van der Waals surface area contributed by atoms with Crippen molar-refractivity contribution in [1.29, 1.82) is 0 Å². The predicted octanol–water partition coefficient (Wildman–Crippen LogP) is 4.91. The third-order valence-electron chi connectivity index (χ3n) is 7.97. The molecule has 0 N–H and O–H groups in total. The van der Waals surface area contributed by atoms with Gasteiger partial charge >= 0.3 is 0 Å². The Hall–Kier alpha value is -3.88.